The van der Waals surface area contributed by atoms with Gasteiger partial charge in [-0.15, -0.1) is 0 Å². The Labute approximate surface area is 118 Å². The number of benzene rings is 1. The third kappa shape index (κ3) is 5.14. The van der Waals surface area contributed by atoms with E-state index in [-0.39, 0.29) is 18.8 Å². The first-order chi connectivity index (χ1) is 9.56. The van der Waals surface area contributed by atoms with Crippen molar-refractivity contribution in [2.45, 2.75) is 13.8 Å². The van der Waals surface area contributed by atoms with E-state index in [0.29, 0.717) is 0 Å². The lowest BCUT2D eigenvalue weighted by atomic mass is 10.1. The second-order valence-corrected chi connectivity index (χ2v) is 3.94. The molecule has 20 heavy (non-hydrogen) atoms. The van der Waals surface area contributed by atoms with E-state index < -0.39 is 11.9 Å². The predicted octanol–water partition coefficient (Wildman–Crippen LogP) is 2.20. The Balaban J connectivity index is 2.91. The summed E-state index contributed by atoms with van der Waals surface area (Å²) in [4.78, 5) is 22.6. The quantitative estimate of drug-likeness (QED) is 0.589. The summed E-state index contributed by atoms with van der Waals surface area (Å²) < 4.78 is 14.8. The average molecular weight is 278 g/mol. The minimum Gasteiger partial charge on any atom is -0.497 e. The van der Waals surface area contributed by atoms with Crippen molar-refractivity contribution >= 4 is 18.0 Å². The minimum absolute atomic E-state index is 0.111. The van der Waals surface area contributed by atoms with E-state index in [1.807, 2.05) is 0 Å². The number of ether oxygens (including phenoxy) is 3. The average Bonchev–Trinajstić information content (AvgIpc) is 2.44. The molecule has 0 spiro atoms. The molecule has 5 nitrogen and oxygen atoms in total. The maximum Gasteiger partial charge on any atom is 0.337 e. The maximum absolute atomic E-state index is 11.8. The van der Waals surface area contributed by atoms with Crippen LogP contribution in [0.5, 0.6) is 5.75 Å². The van der Waals surface area contributed by atoms with Crippen molar-refractivity contribution in [2.24, 2.45) is 0 Å². The van der Waals surface area contributed by atoms with Crippen LogP contribution in [-0.4, -0.2) is 32.3 Å². The van der Waals surface area contributed by atoms with Gasteiger partial charge in [0.05, 0.1) is 19.3 Å². The number of esters is 2. The molecule has 0 saturated heterocycles. The highest BCUT2D eigenvalue weighted by molar-refractivity contribution is 5.94. The fourth-order valence-corrected chi connectivity index (χ4v) is 1.46. The van der Waals surface area contributed by atoms with Gasteiger partial charge in [0.15, 0.2) is 0 Å². The first kappa shape index (κ1) is 15.8. The molecule has 1 rings (SSSR count). The molecule has 1 aromatic rings. The fourth-order valence-electron chi connectivity index (χ4n) is 1.46. The van der Waals surface area contributed by atoms with E-state index in [4.69, 9.17) is 14.2 Å². The van der Waals surface area contributed by atoms with Gasteiger partial charge in [-0.05, 0) is 30.7 Å². The number of rotatable bonds is 6. The monoisotopic (exact) mass is 278 g/mol. The van der Waals surface area contributed by atoms with Crippen LogP contribution in [-0.2, 0) is 19.1 Å². The molecular weight excluding hydrogens is 260 g/mol. The summed E-state index contributed by atoms with van der Waals surface area (Å²) in [7, 11) is 1.58. The van der Waals surface area contributed by atoms with Gasteiger partial charge in [0.2, 0.25) is 0 Å². The van der Waals surface area contributed by atoms with Gasteiger partial charge in [0.1, 0.15) is 12.4 Å². The van der Waals surface area contributed by atoms with Crippen LogP contribution < -0.4 is 4.74 Å². The molecule has 0 aliphatic rings. The minimum atomic E-state index is -0.496. The first-order valence-electron chi connectivity index (χ1n) is 6.22. The third-order valence-corrected chi connectivity index (χ3v) is 2.43. The molecule has 0 heterocycles. The van der Waals surface area contributed by atoms with E-state index in [9.17, 15) is 9.59 Å². The molecule has 0 fully saturated rings. The highest BCUT2D eigenvalue weighted by Gasteiger charge is 2.12. The number of hydrogen-bond acceptors (Lipinski definition) is 5. The Morgan fingerprint density at radius 3 is 2.30 bits per heavy atom. The lowest BCUT2D eigenvalue weighted by Crippen LogP contribution is -2.14. The number of methoxy groups -OCH3 is 1. The van der Waals surface area contributed by atoms with Crippen LogP contribution in [0.2, 0.25) is 0 Å². The second-order valence-electron chi connectivity index (χ2n) is 3.94. The molecule has 0 radical (unpaired) electrons. The summed E-state index contributed by atoms with van der Waals surface area (Å²) in [5.74, 6) is -0.223. The van der Waals surface area contributed by atoms with Gasteiger partial charge in [0, 0.05) is 6.92 Å². The fraction of sp³-hybridized carbons (Fsp3) is 0.333. The Kier molecular flexibility index (Phi) is 6.29. The molecule has 0 saturated carbocycles. The topological polar surface area (TPSA) is 61.8 Å². The highest BCUT2D eigenvalue weighted by Crippen LogP contribution is 2.15. The second kappa shape index (κ2) is 7.99. The maximum atomic E-state index is 11.8. The Morgan fingerprint density at radius 1 is 1.15 bits per heavy atom. The van der Waals surface area contributed by atoms with Crippen LogP contribution in [0.1, 0.15) is 19.4 Å². The summed E-state index contributed by atoms with van der Waals surface area (Å²) >= 11 is 0. The molecule has 0 atom stereocenters. The zero-order valence-corrected chi connectivity index (χ0v) is 11.8. The highest BCUT2D eigenvalue weighted by atomic mass is 16.5. The summed E-state index contributed by atoms with van der Waals surface area (Å²) in [6, 6.07) is 7.15. The van der Waals surface area contributed by atoms with Crippen molar-refractivity contribution in [1.82, 2.24) is 0 Å². The van der Waals surface area contributed by atoms with Gasteiger partial charge in [-0.25, -0.2) is 4.79 Å². The van der Waals surface area contributed by atoms with E-state index in [1.165, 1.54) is 6.92 Å². The first-order valence-corrected chi connectivity index (χ1v) is 6.22. The predicted molar refractivity (Wildman–Crippen MR) is 74.2 cm³/mol. The molecule has 0 aliphatic heterocycles. The SMILES string of the molecule is CCOC(=O)C(=Cc1ccc(OC)cc1)COC(C)=O. The van der Waals surface area contributed by atoms with Crippen LogP contribution in [0.15, 0.2) is 29.8 Å². The molecule has 0 bridgehead atoms. The molecule has 0 amide bonds. The molecule has 5 heteroatoms. The van der Waals surface area contributed by atoms with Crippen molar-refractivity contribution in [3.8, 4) is 5.75 Å². The van der Waals surface area contributed by atoms with Gasteiger partial charge in [0.25, 0.3) is 0 Å². The number of hydrogen-bond donors (Lipinski definition) is 0. The smallest absolute Gasteiger partial charge is 0.337 e. The molecular formula is C15H18O5. The summed E-state index contributed by atoms with van der Waals surface area (Å²) in [5, 5.41) is 0. The largest absolute Gasteiger partial charge is 0.497 e. The van der Waals surface area contributed by atoms with Crippen LogP contribution >= 0.6 is 0 Å². The van der Waals surface area contributed by atoms with Crippen LogP contribution in [0, 0.1) is 0 Å². The van der Waals surface area contributed by atoms with Gasteiger partial charge < -0.3 is 14.2 Å². The van der Waals surface area contributed by atoms with Gasteiger partial charge in [-0.1, -0.05) is 12.1 Å². The molecule has 0 unspecified atom stereocenters. The number of carbonyl (C=O) groups excluding carboxylic acids is 2. The Hall–Kier alpha value is -2.30. The van der Waals surface area contributed by atoms with Gasteiger partial charge >= 0.3 is 11.9 Å². The molecule has 0 N–H and O–H groups in total. The van der Waals surface area contributed by atoms with Crippen molar-refractivity contribution in [1.29, 1.82) is 0 Å². The standard InChI is InChI=1S/C15H18O5/c1-4-19-15(17)13(10-20-11(2)16)9-12-5-7-14(18-3)8-6-12/h5-9H,4,10H2,1-3H3. The molecule has 1 aromatic carbocycles. The zero-order valence-electron chi connectivity index (χ0n) is 11.8. The normalized spacial score (nSPS) is 10.8. The lowest BCUT2D eigenvalue weighted by molar-refractivity contribution is -0.142. The van der Waals surface area contributed by atoms with E-state index in [1.54, 1.807) is 44.4 Å². The summed E-state index contributed by atoms with van der Waals surface area (Å²) in [6.07, 6.45) is 1.63. The van der Waals surface area contributed by atoms with Gasteiger partial charge in [-0.3, -0.25) is 4.79 Å². The van der Waals surface area contributed by atoms with E-state index >= 15 is 0 Å². The Bertz CT molecular complexity index is 487. The lowest BCUT2D eigenvalue weighted by Gasteiger charge is -2.07. The third-order valence-electron chi connectivity index (χ3n) is 2.43. The Morgan fingerprint density at radius 2 is 1.80 bits per heavy atom. The van der Waals surface area contributed by atoms with E-state index in [2.05, 4.69) is 0 Å². The van der Waals surface area contributed by atoms with E-state index in [0.717, 1.165) is 11.3 Å². The zero-order chi connectivity index (χ0) is 15.0. The van der Waals surface area contributed by atoms with Crippen molar-refractivity contribution < 1.29 is 23.8 Å². The van der Waals surface area contributed by atoms with Crippen LogP contribution in [0.3, 0.4) is 0 Å². The summed E-state index contributed by atoms with van der Waals surface area (Å²) in [5.41, 5.74) is 1.08. The van der Waals surface area contributed by atoms with Crippen molar-refractivity contribution in [3.63, 3.8) is 0 Å². The number of carbonyl (C=O) groups is 2. The molecule has 0 aliphatic carbocycles. The van der Waals surface area contributed by atoms with Gasteiger partial charge in [-0.2, -0.15) is 0 Å². The van der Waals surface area contributed by atoms with Crippen molar-refractivity contribution in [2.75, 3.05) is 20.3 Å². The van der Waals surface area contributed by atoms with Crippen LogP contribution in [0.25, 0.3) is 6.08 Å². The van der Waals surface area contributed by atoms with Crippen LogP contribution in [0.4, 0.5) is 0 Å². The molecule has 108 valence electrons. The summed E-state index contributed by atoms with van der Waals surface area (Å²) in [6.45, 7) is 3.16. The molecule has 0 aromatic heterocycles. The van der Waals surface area contributed by atoms with Crippen molar-refractivity contribution in [3.05, 3.63) is 35.4 Å².